The third-order valence-electron chi connectivity index (χ3n) is 2.73. The molecule has 0 radical (unpaired) electrons. The Hall–Kier alpha value is -1.06. The fourth-order valence-corrected chi connectivity index (χ4v) is 2.20. The minimum atomic E-state index is -1.21. The molecule has 0 bridgehead atoms. The highest BCUT2D eigenvalue weighted by Crippen LogP contribution is 2.16. The van der Waals surface area contributed by atoms with E-state index in [2.05, 4.69) is 10.8 Å². The van der Waals surface area contributed by atoms with Crippen molar-refractivity contribution in [3.63, 3.8) is 0 Å². The molecule has 1 N–H and O–H groups in total. The summed E-state index contributed by atoms with van der Waals surface area (Å²) in [6, 6.07) is 11.8. The van der Waals surface area contributed by atoms with Gasteiger partial charge in [-0.1, -0.05) is 30.3 Å². The van der Waals surface area contributed by atoms with Crippen molar-refractivity contribution >= 4 is 11.4 Å². The standard InChI is InChI=1S/C15H22N2O2S/c1-14(2,3)20(18)17-12-15(4,11-16)19-10-13-8-6-5-7-9-13/h5-9,17H,10,12H2,1-4H3. The van der Waals surface area contributed by atoms with Crippen LogP contribution in [0.15, 0.2) is 30.3 Å². The molecule has 1 aromatic rings. The zero-order chi connectivity index (χ0) is 15.2. The van der Waals surface area contributed by atoms with Crippen molar-refractivity contribution in [3.05, 3.63) is 35.9 Å². The molecule has 2 atom stereocenters. The van der Waals surface area contributed by atoms with E-state index in [0.717, 1.165) is 5.56 Å². The summed E-state index contributed by atoms with van der Waals surface area (Å²) in [7, 11) is 0. The Morgan fingerprint density at radius 1 is 1.25 bits per heavy atom. The molecule has 1 rings (SSSR count). The maximum absolute atomic E-state index is 11.9. The van der Waals surface area contributed by atoms with Gasteiger partial charge in [0, 0.05) is 11.4 Å². The first kappa shape index (κ1) is 17.0. The molecule has 0 aliphatic rings. The first-order chi connectivity index (χ1) is 9.27. The number of hydrogen-bond acceptors (Lipinski definition) is 4. The Bertz CT molecular complexity index is 453. The van der Waals surface area contributed by atoms with Gasteiger partial charge in [-0.15, -0.1) is 4.72 Å². The molecule has 20 heavy (non-hydrogen) atoms. The number of nitrogens with one attached hydrogen (secondary N) is 1. The van der Waals surface area contributed by atoms with E-state index in [1.165, 1.54) is 0 Å². The maximum Gasteiger partial charge on any atom is 0.168 e. The van der Waals surface area contributed by atoms with Crippen molar-refractivity contribution in [1.82, 2.24) is 4.72 Å². The lowest BCUT2D eigenvalue weighted by molar-refractivity contribution is 0.00324. The van der Waals surface area contributed by atoms with Crippen molar-refractivity contribution in [3.8, 4) is 6.07 Å². The van der Waals surface area contributed by atoms with E-state index in [9.17, 15) is 9.81 Å². The quantitative estimate of drug-likeness (QED) is 0.819. The lowest BCUT2D eigenvalue weighted by atomic mass is 10.1. The highest BCUT2D eigenvalue weighted by molar-refractivity contribution is 7.90. The first-order valence-corrected chi connectivity index (χ1v) is 7.66. The van der Waals surface area contributed by atoms with E-state index in [-0.39, 0.29) is 11.3 Å². The summed E-state index contributed by atoms with van der Waals surface area (Å²) in [6.07, 6.45) is 0. The van der Waals surface area contributed by atoms with Crippen LogP contribution in [-0.2, 0) is 22.7 Å². The van der Waals surface area contributed by atoms with Crippen molar-refractivity contribution in [2.24, 2.45) is 0 Å². The van der Waals surface area contributed by atoms with E-state index in [1.807, 2.05) is 51.1 Å². The Balaban J connectivity index is 2.53. The van der Waals surface area contributed by atoms with Gasteiger partial charge >= 0.3 is 0 Å². The van der Waals surface area contributed by atoms with E-state index >= 15 is 0 Å². The summed E-state index contributed by atoms with van der Waals surface area (Å²) in [5.41, 5.74) is 0.00226. The fraction of sp³-hybridized carbons (Fsp3) is 0.533. The molecule has 1 aromatic carbocycles. The van der Waals surface area contributed by atoms with Gasteiger partial charge in [0.05, 0.1) is 19.2 Å². The average Bonchev–Trinajstić information content (AvgIpc) is 2.42. The van der Waals surface area contributed by atoms with Crippen LogP contribution in [0.3, 0.4) is 0 Å². The monoisotopic (exact) mass is 294 g/mol. The number of benzene rings is 1. The molecule has 5 heteroatoms. The largest absolute Gasteiger partial charge is 0.598 e. The second kappa shape index (κ2) is 7.09. The number of hydrogen-bond donors (Lipinski definition) is 1. The second-order valence-electron chi connectivity index (χ2n) is 5.82. The Morgan fingerprint density at radius 2 is 1.85 bits per heavy atom. The third-order valence-corrected chi connectivity index (χ3v) is 4.25. The summed E-state index contributed by atoms with van der Waals surface area (Å²) in [6.45, 7) is 7.91. The maximum atomic E-state index is 11.9. The van der Waals surface area contributed by atoms with E-state index in [0.29, 0.717) is 6.61 Å². The van der Waals surface area contributed by atoms with Crippen LogP contribution in [0.4, 0.5) is 0 Å². The van der Waals surface area contributed by atoms with Crippen molar-refractivity contribution in [2.75, 3.05) is 6.54 Å². The normalized spacial score (nSPS) is 16.2. The number of rotatable bonds is 6. The molecule has 0 heterocycles. The SMILES string of the molecule is CC(C#N)(CN[S+]([O-])C(C)(C)C)OCc1ccccc1. The summed E-state index contributed by atoms with van der Waals surface area (Å²) in [5, 5.41) is 9.27. The molecular formula is C15H22N2O2S. The van der Waals surface area contributed by atoms with Crippen molar-refractivity contribution in [1.29, 1.82) is 5.26 Å². The third kappa shape index (κ3) is 5.51. The van der Waals surface area contributed by atoms with E-state index in [1.54, 1.807) is 6.92 Å². The summed E-state index contributed by atoms with van der Waals surface area (Å²) in [4.78, 5) is 0. The molecule has 0 fully saturated rings. The van der Waals surface area contributed by atoms with Crippen LogP contribution < -0.4 is 4.72 Å². The van der Waals surface area contributed by atoms with Crippen molar-refractivity contribution < 1.29 is 9.29 Å². The number of nitriles is 1. The molecule has 0 saturated carbocycles. The van der Waals surface area contributed by atoms with Crippen LogP contribution in [0, 0.1) is 11.3 Å². The molecule has 0 aliphatic heterocycles. The van der Waals surface area contributed by atoms with Gasteiger partial charge in [-0.25, -0.2) is 0 Å². The van der Waals surface area contributed by atoms with Crippen LogP contribution in [0.2, 0.25) is 0 Å². The lowest BCUT2D eigenvalue weighted by Gasteiger charge is -2.28. The Morgan fingerprint density at radius 3 is 2.35 bits per heavy atom. The highest BCUT2D eigenvalue weighted by Gasteiger charge is 2.32. The topological polar surface area (TPSA) is 68.1 Å². The Labute approximate surface area is 124 Å². The van der Waals surface area contributed by atoms with Gasteiger partial charge in [0.25, 0.3) is 0 Å². The molecule has 0 amide bonds. The molecule has 0 saturated heterocycles. The highest BCUT2D eigenvalue weighted by atomic mass is 32.2. The minimum absolute atomic E-state index is 0.222. The van der Waals surface area contributed by atoms with Crippen LogP contribution in [0.25, 0.3) is 0 Å². The predicted octanol–water partition coefficient (Wildman–Crippen LogP) is 2.54. The van der Waals surface area contributed by atoms with E-state index in [4.69, 9.17) is 4.74 Å². The summed E-state index contributed by atoms with van der Waals surface area (Å²) in [5.74, 6) is 0. The molecule has 0 spiro atoms. The fourth-order valence-electron chi connectivity index (χ4n) is 1.36. The minimum Gasteiger partial charge on any atom is -0.598 e. The van der Waals surface area contributed by atoms with Gasteiger partial charge in [-0.2, -0.15) is 5.26 Å². The van der Waals surface area contributed by atoms with Gasteiger partial charge in [0.1, 0.15) is 4.75 Å². The zero-order valence-electron chi connectivity index (χ0n) is 12.5. The molecule has 0 aliphatic carbocycles. The summed E-state index contributed by atoms with van der Waals surface area (Å²) < 4.78 is 20.1. The van der Waals surface area contributed by atoms with Crippen LogP contribution in [0.5, 0.6) is 0 Å². The van der Waals surface area contributed by atoms with Gasteiger partial charge in [0.15, 0.2) is 5.60 Å². The molecule has 0 aromatic heterocycles. The smallest absolute Gasteiger partial charge is 0.168 e. The average molecular weight is 294 g/mol. The molecule has 110 valence electrons. The van der Waals surface area contributed by atoms with Crippen LogP contribution in [-0.4, -0.2) is 21.4 Å². The zero-order valence-corrected chi connectivity index (χ0v) is 13.3. The Kier molecular flexibility index (Phi) is 6.03. The van der Waals surface area contributed by atoms with Gasteiger partial charge in [0.2, 0.25) is 0 Å². The predicted molar refractivity (Wildman–Crippen MR) is 81.1 cm³/mol. The van der Waals surface area contributed by atoms with Gasteiger partial charge in [-0.05, 0) is 33.3 Å². The summed E-state index contributed by atoms with van der Waals surface area (Å²) >= 11 is -1.21. The number of nitrogens with zero attached hydrogens (tertiary/aromatic N) is 1. The lowest BCUT2D eigenvalue weighted by Crippen LogP contribution is -2.47. The number of ether oxygens (including phenoxy) is 1. The first-order valence-electron chi connectivity index (χ1n) is 6.51. The molecule has 2 unspecified atom stereocenters. The molecular weight excluding hydrogens is 272 g/mol. The van der Waals surface area contributed by atoms with E-state index < -0.39 is 17.0 Å². The second-order valence-corrected chi connectivity index (χ2v) is 7.87. The van der Waals surface area contributed by atoms with Crippen molar-refractivity contribution in [2.45, 2.75) is 44.6 Å². The van der Waals surface area contributed by atoms with Gasteiger partial charge < -0.3 is 9.29 Å². The molecule has 4 nitrogen and oxygen atoms in total. The van der Waals surface area contributed by atoms with Crippen LogP contribution >= 0.6 is 0 Å². The van der Waals surface area contributed by atoms with Crippen LogP contribution in [0.1, 0.15) is 33.3 Å². The van der Waals surface area contributed by atoms with Gasteiger partial charge in [-0.3, -0.25) is 0 Å².